The number of nitrogens with one attached hydrogen (secondary N) is 1. The molecule has 0 fully saturated rings. The van der Waals surface area contributed by atoms with Gasteiger partial charge in [0.2, 0.25) is 0 Å². The Morgan fingerprint density at radius 1 is 1.29 bits per heavy atom. The second-order valence-electron chi connectivity index (χ2n) is 1.76. The van der Waals surface area contributed by atoms with Crippen molar-refractivity contribution in [3.05, 3.63) is 20.2 Å². The summed E-state index contributed by atoms with van der Waals surface area (Å²) in [7, 11) is 0. The van der Waals surface area contributed by atoms with E-state index in [0.29, 0.717) is 0 Å². The summed E-state index contributed by atoms with van der Waals surface area (Å²) in [6.07, 6.45) is 0. The highest BCUT2D eigenvalue weighted by Gasteiger charge is 2.30. The van der Waals surface area contributed by atoms with Crippen LogP contribution < -0.4 is 0 Å². The fourth-order valence-electron chi connectivity index (χ4n) is 0.572. The molecule has 0 saturated carbocycles. The monoisotopic (exact) mass is 204 g/mol. The zero-order valence-corrected chi connectivity index (χ0v) is 7.42. The molecule has 2 N–H and O–H groups in total. The zero-order valence-electron chi connectivity index (χ0n) is 7.42. The first-order valence-electron chi connectivity index (χ1n) is 3.60. The van der Waals surface area contributed by atoms with Crippen LogP contribution in [0.25, 0.3) is 0 Å². The van der Waals surface area contributed by atoms with Crippen molar-refractivity contribution in [3.8, 4) is 5.75 Å². The normalized spacial score (nSPS) is 8.71. The third kappa shape index (κ3) is 2.15. The summed E-state index contributed by atoms with van der Waals surface area (Å²) in [6.45, 7) is 4.00. The summed E-state index contributed by atoms with van der Waals surface area (Å²) in [5, 5.41) is 33.4. The van der Waals surface area contributed by atoms with E-state index in [-0.39, 0.29) is 0 Å². The molecule has 0 aromatic carbocycles. The highest BCUT2D eigenvalue weighted by Crippen LogP contribution is 2.31. The van der Waals surface area contributed by atoms with Crippen molar-refractivity contribution in [2.75, 3.05) is 0 Å². The van der Waals surface area contributed by atoms with Crippen molar-refractivity contribution in [1.29, 1.82) is 0 Å². The molecular formula is C5H8N4O5. The summed E-state index contributed by atoms with van der Waals surface area (Å²) in [6, 6.07) is 0. The van der Waals surface area contributed by atoms with Gasteiger partial charge in [-0.3, -0.25) is 0 Å². The summed E-state index contributed by atoms with van der Waals surface area (Å²) in [4.78, 5) is 18.0. The summed E-state index contributed by atoms with van der Waals surface area (Å²) >= 11 is 0. The highest BCUT2D eigenvalue weighted by atomic mass is 16.6. The van der Waals surface area contributed by atoms with Crippen LogP contribution in [0.15, 0.2) is 0 Å². The van der Waals surface area contributed by atoms with Gasteiger partial charge in [0.1, 0.15) is 0 Å². The molecule has 9 heteroatoms. The van der Waals surface area contributed by atoms with E-state index in [1.54, 1.807) is 5.10 Å². The molecule has 0 amide bonds. The molecule has 1 aromatic heterocycles. The molecule has 0 aliphatic rings. The number of rotatable bonds is 2. The van der Waals surface area contributed by atoms with Gasteiger partial charge in [-0.1, -0.05) is 13.8 Å². The maximum Gasteiger partial charge on any atom is 0.462 e. The minimum Gasteiger partial charge on any atom is -0.495 e. The topological polar surface area (TPSA) is 135 Å². The van der Waals surface area contributed by atoms with E-state index in [0.717, 1.165) is 0 Å². The lowest BCUT2D eigenvalue weighted by Gasteiger charge is -1.87. The lowest BCUT2D eigenvalue weighted by atomic mass is 10.5. The molecule has 78 valence electrons. The van der Waals surface area contributed by atoms with Crippen LogP contribution in [0.1, 0.15) is 13.8 Å². The van der Waals surface area contributed by atoms with Gasteiger partial charge in [0.05, 0.1) is 0 Å². The average Bonchev–Trinajstić information content (AvgIpc) is 2.50. The third-order valence-corrected chi connectivity index (χ3v) is 1.06. The number of nitro groups is 2. The molecule has 14 heavy (non-hydrogen) atoms. The molecule has 0 spiro atoms. The number of hydrogen-bond acceptors (Lipinski definition) is 6. The lowest BCUT2D eigenvalue weighted by Crippen LogP contribution is -1.88. The first kappa shape index (κ1) is 11.8. The van der Waals surface area contributed by atoms with Crippen LogP contribution in [0.4, 0.5) is 11.6 Å². The number of nitrogens with zero attached hydrogens (tertiary/aromatic N) is 3. The fraction of sp³-hybridized carbons (Fsp3) is 0.400. The SMILES string of the molecule is CC.O=[N+]([O-])c1n[nH]c([N+](=O)[O-])c1O. The highest BCUT2D eigenvalue weighted by molar-refractivity contribution is 5.50. The first-order chi connectivity index (χ1) is 6.54. The largest absolute Gasteiger partial charge is 0.495 e. The smallest absolute Gasteiger partial charge is 0.462 e. The second kappa shape index (κ2) is 4.74. The van der Waals surface area contributed by atoms with Gasteiger partial charge in [0.15, 0.2) is 5.10 Å². The summed E-state index contributed by atoms with van der Waals surface area (Å²) in [5.41, 5.74) is 0. The molecule has 0 atom stereocenters. The molecular weight excluding hydrogens is 196 g/mol. The number of aromatic nitrogens is 2. The van der Waals surface area contributed by atoms with Crippen molar-refractivity contribution in [2.24, 2.45) is 0 Å². The Balaban J connectivity index is 0.000000791. The minimum atomic E-state index is -1.06. The number of aromatic hydroxyl groups is 1. The Hall–Kier alpha value is -2.19. The van der Waals surface area contributed by atoms with E-state index in [2.05, 4.69) is 5.10 Å². The Labute approximate surface area is 77.7 Å². The van der Waals surface area contributed by atoms with Crippen LogP contribution in [0.2, 0.25) is 0 Å². The van der Waals surface area contributed by atoms with Gasteiger partial charge in [-0.05, 0) is 14.9 Å². The number of H-pyrrole nitrogens is 1. The predicted molar refractivity (Wildman–Crippen MR) is 44.9 cm³/mol. The molecule has 1 heterocycles. The van der Waals surface area contributed by atoms with Gasteiger partial charge in [-0.15, -0.1) is 0 Å². The van der Waals surface area contributed by atoms with Crippen molar-refractivity contribution in [1.82, 2.24) is 10.2 Å². The van der Waals surface area contributed by atoms with E-state index >= 15 is 0 Å². The van der Waals surface area contributed by atoms with E-state index in [4.69, 9.17) is 5.11 Å². The van der Waals surface area contributed by atoms with E-state index < -0.39 is 27.2 Å². The summed E-state index contributed by atoms with van der Waals surface area (Å²) < 4.78 is 0. The van der Waals surface area contributed by atoms with Gasteiger partial charge >= 0.3 is 17.4 Å². The maximum absolute atomic E-state index is 10.0. The molecule has 0 saturated heterocycles. The Morgan fingerprint density at radius 2 is 1.79 bits per heavy atom. The Morgan fingerprint density at radius 3 is 2.00 bits per heavy atom. The minimum absolute atomic E-state index is 0.887. The molecule has 0 aliphatic carbocycles. The number of aromatic amines is 1. The van der Waals surface area contributed by atoms with Crippen molar-refractivity contribution < 1.29 is 15.0 Å². The van der Waals surface area contributed by atoms with Gasteiger partial charge in [0.25, 0.3) is 0 Å². The van der Waals surface area contributed by atoms with Crippen molar-refractivity contribution in [2.45, 2.75) is 13.8 Å². The zero-order chi connectivity index (χ0) is 11.3. The van der Waals surface area contributed by atoms with Crippen molar-refractivity contribution in [3.63, 3.8) is 0 Å². The molecule has 1 aromatic rings. The van der Waals surface area contributed by atoms with Gasteiger partial charge < -0.3 is 25.3 Å². The van der Waals surface area contributed by atoms with Gasteiger partial charge in [-0.2, -0.15) is 0 Å². The number of hydrogen-bond donors (Lipinski definition) is 2. The molecule has 0 aliphatic heterocycles. The van der Waals surface area contributed by atoms with Crippen molar-refractivity contribution >= 4 is 11.6 Å². The Bertz CT molecular complexity index is 314. The lowest BCUT2D eigenvalue weighted by molar-refractivity contribution is -0.396. The third-order valence-electron chi connectivity index (χ3n) is 1.06. The molecule has 0 radical (unpaired) electrons. The average molecular weight is 204 g/mol. The Kier molecular flexibility index (Phi) is 4.00. The standard InChI is InChI=1S/C3H2N4O5.C2H6/c8-1-2(6(9)10)4-5-3(1)7(11)12;1-2/h8H,(H,4,5);1-2H3. The fourth-order valence-corrected chi connectivity index (χ4v) is 0.572. The predicted octanol–water partition coefficient (Wildman–Crippen LogP) is 0.958. The summed E-state index contributed by atoms with van der Waals surface area (Å²) in [5.74, 6) is -2.91. The van der Waals surface area contributed by atoms with E-state index in [9.17, 15) is 20.2 Å². The van der Waals surface area contributed by atoms with Crippen LogP contribution in [-0.2, 0) is 0 Å². The molecule has 0 bridgehead atoms. The van der Waals surface area contributed by atoms with Crippen LogP contribution >= 0.6 is 0 Å². The maximum atomic E-state index is 10.0. The van der Waals surface area contributed by atoms with E-state index in [1.165, 1.54) is 0 Å². The van der Waals surface area contributed by atoms with Gasteiger partial charge in [-0.25, -0.2) is 0 Å². The molecule has 0 unspecified atom stereocenters. The van der Waals surface area contributed by atoms with Crippen LogP contribution in [0.3, 0.4) is 0 Å². The quantitative estimate of drug-likeness (QED) is 0.543. The van der Waals surface area contributed by atoms with Crippen LogP contribution in [0.5, 0.6) is 5.75 Å². The molecule has 9 nitrogen and oxygen atoms in total. The van der Waals surface area contributed by atoms with Crippen LogP contribution in [0, 0.1) is 20.2 Å². The molecule has 1 rings (SSSR count). The van der Waals surface area contributed by atoms with Crippen LogP contribution in [-0.4, -0.2) is 25.2 Å². The van der Waals surface area contributed by atoms with E-state index in [1.807, 2.05) is 13.8 Å². The second-order valence-corrected chi connectivity index (χ2v) is 1.76. The van der Waals surface area contributed by atoms with Gasteiger partial charge in [0, 0.05) is 0 Å². The first-order valence-corrected chi connectivity index (χ1v) is 3.60.